The van der Waals surface area contributed by atoms with Gasteiger partial charge in [0.05, 0.1) is 17.3 Å². The molecular weight excluding hydrogens is 456 g/mol. The molecule has 2 aromatic rings. The van der Waals surface area contributed by atoms with E-state index in [-0.39, 0.29) is 30.4 Å². The third-order valence-corrected chi connectivity index (χ3v) is 7.35. The molecule has 4 heterocycles. The highest BCUT2D eigenvalue weighted by atomic mass is 35.5. The van der Waals surface area contributed by atoms with Gasteiger partial charge in [-0.2, -0.15) is 0 Å². The van der Waals surface area contributed by atoms with Gasteiger partial charge >= 0.3 is 0 Å². The van der Waals surface area contributed by atoms with E-state index >= 15 is 0 Å². The number of rotatable bonds is 6. The number of fused-ring (bicyclic) bond motifs is 1. The van der Waals surface area contributed by atoms with Gasteiger partial charge in [-0.25, -0.2) is 9.97 Å². The van der Waals surface area contributed by atoms with Crippen LogP contribution < -0.4 is 0 Å². The van der Waals surface area contributed by atoms with Gasteiger partial charge in [0, 0.05) is 62.0 Å². The summed E-state index contributed by atoms with van der Waals surface area (Å²) in [4.78, 5) is 38.1. The minimum atomic E-state index is -0.233. The molecule has 2 saturated heterocycles. The summed E-state index contributed by atoms with van der Waals surface area (Å²) in [5.74, 6) is 0.985. The van der Waals surface area contributed by atoms with E-state index in [0.29, 0.717) is 41.8 Å². The van der Waals surface area contributed by atoms with Gasteiger partial charge in [-0.1, -0.05) is 30.7 Å². The third-order valence-electron chi connectivity index (χ3n) is 7.07. The predicted molar refractivity (Wildman–Crippen MR) is 126 cm³/mol. The molecule has 180 valence electrons. The fourth-order valence-corrected chi connectivity index (χ4v) is 5.16. The minimum Gasteiger partial charge on any atom is -0.396 e. The molecule has 3 aliphatic rings. The van der Waals surface area contributed by atoms with Gasteiger partial charge in [0.2, 0.25) is 5.91 Å². The van der Waals surface area contributed by atoms with Crippen molar-refractivity contribution in [3.63, 3.8) is 0 Å². The molecule has 0 aliphatic carbocycles. The second-order valence-corrected chi connectivity index (χ2v) is 10.4. The predicted octanol–water partition coefficient (Wildman–Crippen LogP) is 2.56. The van der Waals surface area contributed by atoms with Crippen LogP contribution in [0.25, 0.3) is 11.3 Å². The average molecular weight is 485 g/mol. The van der Waals surface area contributed by atoms with Crippen molar-refractivity contribution in [1.82, 2.24) is 19.8 Å². The van der Waals surface area contributed by atoms with E-state index in [1.165, 1.54) is 0 Å². The standard InChI is InChI=1S/C25H29ClN4O4/c1-25(15-31)13-30(14-25)22(32)12-29-11-18-3-2-17(9-19(18)24(29)33)23-20(26)10-27-21(28-23)8-16-4-6-34-7-5-16/h2-3,9-10,16,31H,4-8,11-15H2,1H3. The van der Waals surface area contributed by atoms with Crippen molar-refractivity contribution in [2.45, 2.75) is 32.7 Å². The molecule has 3 aliphatic heterocycles. The van der Waals surface area contributed by atoms with Crippen molar-refractivity contribution in [3.05, 3.63) is 46.4 Å². The minimum absolute atomic E-state index is 0.0356. The maximum absolute atomic E-state index is 13.1. The van der Waals surface area contributed by atoms with Gasteiger partial charge in [0.25, 0.3) is 5.91 Å². The van der Waals surface area contributed by atoms with Crippen LogP contribution in [0.5, 0.6) is 0 Å². The first kappa shape index (κ1) is 23.2. The normalized spacial score (nSPS) is 19.8. The number of aliphatic hydroxyl groups excluding tert-OH is 1. The molecule has 0 bridgehead atoms. The first-order valence-electron chi connectivity index (χ1n) is 11.8. The number of halogens is 1. The summed E-state index contributed by atoms with van der Waals surface area (Å²) in [5.41, 5.74) is 2.62. The second kappa shape index (κ2) is 9.24. The summed E-state index contributed by atoms with van der Waals surface area (Å²) >= 11 is 6.44. The van der Waals surface area contributed by atoms with Crippen LogP contribution >= 0.6 is 11.6 Å². The van der Waals surface area contributed by atoms with Gasteiger partial charge in [-0.3, -0.25) is 9.59 Å². The Labute approximate surface area is 203 Å². The third kappa shape index (κ3) is 4.54. The molecule has 0 spiro atoms. The molecule has 2 fully saturated rings. The number of carbonyl (C=O) groups excluding carboxylic acids is 2. The Morgan fingerprint density at radius 2 is 2.06 bits per heavy atom. The molecule has 1 N–H and O–H groups in total. The number of ether oxygens (including phenoxy) is 1. The molecule has 1 aromatic heterocycles. The Morgan fingerprint density at radius 1 is 1.29 bits per heavy atom. The lowest BCUT2D eigenvalue weighted by atomic mass is 9.83. The van der Waals surface area contributed by atoms with Crippen LogP contribution in [-0.4, -0.2) is 76.1 Å². The SMILES string of the molecule is CC1(CO)CN(C(=O)CN2Cc3ccc(-c4nc(CC5CCOCC5)ncc4Cl)cc3C2=O)C1. The molecule has 8 nitrogen and oxygen atoms in total. The summed E-state index contributed by atoms with van der Waals surface area (Å²) in [6, 6.07) is 5.66. The highest BCUT2D eigenvalue weighted by Crippen LogP contribution is 2.33. The Balaban J connectivity index is 1.29. The average Bonchev–Trinajstić information content (AvgIpc) is 3.13. The van der Waals surface area contributed by atoms with Crippen LogP contribution in [0.4, 0.5) is 0 Å². The number of hydrogen-bond donors (Lipinski definition) is 1. The zero-order valence-corrected chi connectivity index (χ0v) is 20.1. The highest BCUT2D eigenvalue weighted by molar-refractivity contribution is 6.32. The maximum Gasteiger partial charge on any atom is 0.254 e. The van der Waals surface area contributed by atoms with Crippen LogP contribution in [0.1, 0.15) is 41.5 Å². The van der Waals surface area contributed by atoms with Gasteiger partial charge < -0.3 is 19.6 Å². The fraction of sp³-hybridized carbons (Fsp3) is 0.520. The van der Waals surface area contributed by atoms with E-state index in [9.17, 15) is 14.7 Å². The summed E-state index contributed by atoms with van der Waals surface area (Å²) in [6.45, 7) is 5.02. The number of likely N-dealkylation sites (tertiary alicyclic amines) is 1. The van der Waals surface area contributed by atoms with Gasteiger partial charge in [0.15, 0.2) is 0 Å². The van der Waals surface area contributed by atoms with Crippen LogP contribution in [0, 0.1) is 11.3 Å². The molecular formula is C25H29ClN4O4. The van der Waals surface area contributed by atoms with E-state index in [2.05, 4.69) is 4.98 Å². The molecule has 0 radical (unpaired) electrons. The lowest BCUT2D eigenvalue weighted by Crippen LogP contribution is -2.60. The Morgan fingerprint density at radius 3 is 2.79 bits per heavy atom. The molecule has 5 rings (SSSR count). The lowest BCUT2D eigenvalue weighted by molar-refractivity contribution is -0.145. The van der Waals surface area contributed by atoms with Gasteiger partial charge in [-0.05, 0) is 30.4 Å². The van der Waals surface area contributed by atoms with Crippen LogP contribution in [-0.2, 0) is 22.5 Å². The molecule has 1 aromatic carbocycles. The number of benzene rings is 1. The molecule has 9 heteroatoms. The van der Waals surface area contributed by atoms with Crippen molar-refractivity contribution in [3.8, 4) is 11.3 Å². The van der Waals surface area contributed by atoms with Crippen molar-refractivity contribution in [2.24, 2.45) is 11.3 Å². The fourth-order valence-electron chi connectivity index (χ4n) is 4.96. The molecule has 0 saturated carbocycles. The number of aliphatic hydroxyl groups is 1. The summed E-state index contributed by atoms with van der Waals surface area (Å²) in [7, 11) is 0. The number of amides is 2. The quantitative estimate of drug-likeness (QED) is 0.677. The molecule has 0 atom stereocenters. The van der Waals surface area contributed by atoms with Crippen molar-refractivity contribution >= 4 is 23.4 Å². The van der Waals surface area contributed by atoms with Crippen molar-refractivity contribution in [2.75, 3.05) is 39.5 Å². The first-order valence-corrected chi connectivity index (χ1v) is 12.1. The largest absolute Gasteiger partial charge is 0.396 e. The Bertz CT molecular complexity index is 1110. The lowest BCUT2D eigenvalue weighted by Gasteiger charge is -2.47. The Hall–Kier alpha value is -2.55. The van der Waals surface area contributed by atoms with E-state index in [1.807, 2.05) is 25.1 Å². The first-order chi connectivity index (χ1) is 16.3. The zero-order chi connectivity index (χ0) is 23.9. The molecule has 0 unspecified atom stereocenters. The summed E-state index contributed by atoms with van der Waals surface area (Å²) in [5, 5.41) is 9.84. The molecule has 34 heavy (non-hydrogen) atoms. The van der Waals surface area contributed by atoms with E-state index in [0.717, 1.165) is 49.4 Å². The van der Waals surface area contributed by atoms with E-state index in [4.69, 9.17) is 21.3 Å². The van der Waals surface area contributed by atoms with Gasteiger partial charge in [0.1, 0.15) is 12.4 Å². The number of hydrogen-bond acceptors (Lipinski definition) is 6. The van der Waals surface area contributed by atoms with Crippen molar-refractivity contribution in [1.29, 1.82) is 0 Å². The molecule has 2 amide bonds. The van der Waals surface area contributed by atoms with E-state index in [1.54, 1.807) is 16.0 Å². The monoisotopic (exact) mass is 484 g/mol. The van der Waals surface area contributed by atoms with Crippen LogP contribution in [0.3, 0.4) is 0 Å². The van der Waals surface area contributed by atoms with Crippen LogP contribution in [0.15, 0.2) is 24.4 Å². The summed E-state index contributed by atoms with van der Waals surface area (Å²) in [6.07, 6.45) is 4.41. The number of aromatic nitrogens is 2. The van der Waals surface area contributed by atoms with Crippen molar-refractivity contribution < 1.29 is 19.4 Å². The smallest absolute Gasteiger partial charge is 0.254 e. The highest BCUT2D eigenvalue weighted by Gasteiger charge is 2.41. The number of nitrogens with zero attached hydrogens (tertiary/aromatic N) is 4. The second-order valence-electron chi connectivity index (χ2n) is 9.99. The maximum atomic E-state index is 13.1. The van der Waals surface area contributed by atoms with Crippen LogP contribution in [0.2, 0.25) is 5.02 Å². The number of carbonyl (C=O) groups is 2. The van der Waals surface area contributed by atoms with E-state index < -0.39 is 0 Å². The zero-order valence-electron chi connectivity index (χ0n) is 19.3. The topological polar surface area (TPSA) is 95.9 Å². The van der Waals surface area contributed by atoms with Gasteiger partial charge in [-0.15, -0.1) is 0 Å². The Kier molecular flexibility index (Phi) is 6.31. The summed E-state index contributed by atoms with van der Waals surface area (Å²) < 4.78 is 5.44.